The van der Waals surface area contributed by atoms with Gasteiger partial charge >= 0.3 is 0 Å². The first-order chi connectivity index (χ1) is 10.2. The number of hydrogen-bond acceptors (Lipinski definition) is 7. The van der Waals surface area contributed by atoms with Crippen LogP contribution in [-0.2, 0) is 6.42 Å². The van der Waals surface area contributed by atoms with Crippen molar-refractivity contribution < 1.29 is 9.26 Å². The van der Waals surface area contributed by atoms with E-state index in [2.05, 4.69) is 15.1 Å². The highest BCUT2D eigenvalue weighted by Gasteiger charge is 2.16. The Balaban J connectivity index is 1.87. The van der Waals surface area contributed by atoms with Gasteiger partial charge in [-0.25, -0.2) is 4.98 Å². The van der Waals surface area contributed by atoms with Crippen LogP contribution in [0.15, 0.2) is 28.8 Å². The van der Waals surface area contributed by atoms with Crippen LogP contribution in [0.1, 0.15) is 17.1 Å². The first-order valence-electron chi connectivity index (χ1n) is 6.35. The van der Waals surface area contributed by atoms with E-state index in [0.717, 1.165) is 21.9 Å². The van der Waals surface area contributed by atoms with E-state index in [9.17, 15) is 0 Å². The van der Waals surface area contributed by atoms with Crippen molar-refractivity contribution in [1.82, 2.24) is 15.1 Å². The smallest absolute Gasteiger partial charge is 0.270 e. The molecule has 0 spiro atoms. The number of thiazole rings is 1. The fourth-order valence-electron chi connectivity index (χ4n) is 2.05. The molecule has 7 heteroatoms. The molecule has 0 atom stereocenters. The van der Waals surface area contributed by atoms with Crippen molar-refractivity contribution >= 4 is 16.5 Å². The summed E-state index contributed by atoms with van der Waals surface area (Å²) in [5.41, 5.74) is 7.49. The normalized spacial score (nSPS) is 10.8. The minimum Gasteiger partial charge on any atom is -0.496 e. The number of nitrogens with zero attached hydrogens (tertiary/aromatic N) is 3. The van der Waals surface area contributed by atoms with Crippen molar-refractivity contribution in [1.29, 1.82) is 0 Å². The zero-order chi connectivity index (χ0) is 14.8. The summed E-state index contributed by atoms with van der Waals surface area (Å²) in [5.74, 6) is 1.86. The van der Waals surface area contributed by atoms with Crippen LogP contribution in [0.25, 0.3) is 10.8 Å². The molecule has 6 nitrogen and oxygen atoms in total. The summed E-state index contributed by atoms with van der Waals surface area (Å²) < 4.78 is 10.6. The van der Waals surface area contributed by atoms with Gasteiger partial charge in [0.2, 0.25) is 0 Å². The summed E-state index contributed by atoms with van der Waals surface area (Å²) in [6.07, 6.45) is 0.543. The number of nitrogen functional groups attached to an aromatic ring is 1. The van der Waals surface area contributed by atoms with E-state index >= 15 is 0 Å². The standard InChI is InChI=1S/C14H14N4O2S/c1-8-12(21-14(15)16-8)13-17-11(18-20-13)7-9-5-3-4-6-10(9)19-2/h3-6H,7H2,1-2H3,(H2,15,16). The lowest BCUT2D eigenvalue weighted by molar-refractivity contribution is 0.408. The molecule has 3 rings (SSSR count). The van der Waals surface area contributed by atoms with E-state index in [4.69, 9.17) is 15.0 Å². The van der Waals surface area contributed by atoms with Crippen LogP contribution >= 0.6 is 11.3 Å². The second-order valence-electron chi connectivity index (χ2n) is 4.47. The highest BCUT2D eigenvalue weighted by atomic mass is 32.1. The van der Waals surface area contributed by atoms with Crippen molar-refractivity contribution in [3.63, 3.8) is 0 Å². The maximum Gasteiger partial charge on any atom is 0.270 e. The zero-order valence-electron chi connectivity index (χ0n) is 11.7. The highest BCUT2D eigenvalue weighted by Crippen LogP contribution is 2.30. The molecule has 3 aromatic rings. The van der Waals surface area contributed by atoms with Gasteiger partial charge in [-0.1, -0.05) is 34.7 Å². The van der Waals surface area contributed by atoms with Gasteiger partial charge in [0.25, 0.3) is 5.89 Å². The van der Waals surface area contributed by atoms with Crippen molar-refractivity contribution in [3.05, 3.63) is 41.3 Å². The first kappa shape index (κ1) is 13.6. The predicted octanol–water partition coefficient (Wildman–Crippen LogP) is 2.68. The number of hydrogen-bond donors (Lipinski definition) is 1. The Kier molecular flexibility index (Phi) is 3.57. The Morgan fingerprint density at radius 1 is 1.29 bits per heavy atom. The van der Waals surface area contributed by atoms with Crippen LogP contribution in [0, 0.1) is 6.92 Å². The fraction of sp³-hybridized carbons (Fsp3) is 0.214. The quantitative estimate of drug-likeness (QED) is 0.797. The molecular weight excluding hydrogens is 288 g/mol. The zero-order valence-corrected chi connectivity index (χ0v) is 12.5. The molecule has 0 fully saturated rings. The number of aryl methyl sites for hydroxylation is 1. The first-order valence-corrected chi connectivity index (χ1v) is 7.16. The summed E-state index contributed by atoms with van der Waals surface area (Å²) in [6, 6.07) is 7.76. The van der Waals surface area contributed by atoms with E-state index in [1.165, 1.54) is 11.3 Å². The molecule has 0 aliphatic heterocycles. The molecule has 2 N–H and O–H groups in total. The Bertz CT molecular complexity index is 766. The maximum atomic E-state index is 5.69. The number of benzene rings is 1. The lowest BCUT2D eigenvalue weighted by Gasteiger charge is -2.04. The molecule has 2 aromatic heterocycles. The molecule has 0 amide bonds. The third kappa shape index (κ3) is 2.73. The number of nitrogens with two attached hydrogens (primary N) is 1. The van der Waals surface area contributed by atoms with Gasteiger partial charge in [0, 0.05) is 12.0 Å². The number of methoxy groups -OCH3 is 1. The van der Waals surface area contributed by atoms with Gasteiger partial charge in [-0.2, -0.15) is 4.98 Å². The summed E-state index contributed by atoms with van der Waals surface area (Å²) in [5, 5.41) is 4.50. The number of rotatable bonds is 4. The minimum absolute atomic E-state index is 0.451. The molecule has 0 saturated heterocycles. The topological polar surface area (TPSA) is 87.1 Å². The second-order valence-corrected chi connectivity index (χ2v) is 5.50. The lowest BCUT2D eigenvalue weighted by Crippen LogP contribution is -1.95. The molecule has 2 heterocycles. The molecule has 0 aliphatic carbocycles. The number of aromatic nitrogens is 3. The van der Waals surface area contributed by atoms with E-state index in [1.807, 2.05) is 31.2 Å². The van der Waals surface area contributed by atoms with Crippen molar-refractivity contribution in [2.75, 3.05) is 12.8 Å². The summed E-state index contributed by atoms with van der Waals surface area (Å²) in [7, 11) is 1.64. The van der Waals surface area contributed by atoms with Crippen LogP contribution < -0.4 is 10.5 Å². The third-order valence-corrected chi connectivity index (χ3v) is 3.99. The highest BCUT2D eigenvalue weighted by molar-refractivity contribution is 7.18. The molecule has 0 unspecified atom stereocenters. The molecule has 0 radical (unpaired) electrons. The van der Waals surface area contributed by atoms with E-state index in [0.29, 0.717) is 23.3 Å². The number of anilines is 1. The van der Waals surface area contributed by atoms with Crippen LogP contribution in [0.5, 0.6) is 5.75 Å². The van der Waals surface area contributed by atoms with Crippen molar-refractivity contribution in [2.45, 2.75) is 13.3 Å². The van der Waals surface area contributed by atoms with Crippen molar-refractivity contribution in [3.8, 4) is 16.5 Å². The molecular formula is C14H14N4O2S. The van der Waals surface area contributed by atoms with Gasteiger partial charge in [-0.3, -0.25) is 0 Å². The molecule has 0 aliphatic rings. The Morgan fingerprint density at radius 3 is 2.81 bits per heavy atom. The van der Waals surface area contributed by atoms with Gasteiger partial charge in [-0.05, 0) is 13.0 Å². The van der Waals surface area contributed by atoms with Crippen LogP contribution in [0.2, 0.25) is 0 Å². The van der Waals surface area contributed by atoms with Gasteiger partial charge in [0.1, 0.15) is 10.6 Å². The minimum atomic E-state index is 0.451. The number of para-hydroxylation sites is 1. The third-order valence-electron chi connectivity index (χ3n) is 3.02. The number of ether oxygens (including phenoxy) is 1. The Morgan fingerprint density at radius 2 is 2.10 bits per heavy atom. The fourth-order valence-corrected chi connectivity index (χ4v) is 2.81. The van der Waals surface area contributed by atoms with E-state index in [-0.39, 0.29) is 0 Å². The monoisotopic (exact) mass is 302 g/mol. The molecule has 1 aromatic carbocycles. The van der Waals surface area contributed by atoms with Crippen molar-refractivity contribution in [2.24, 2.45) is 0 Å². The van der Waals surface area contributed by atoms with Gasteiger partial charge in [0.15, 0.2) is 11.0 Å². The maximum absolute atomic E-state index is 5.69. The van der Waals surface area contributed by atoms with Crippen LogP contribution in [-0.4, -0.2) is 22.2 Å². The largest absolute Gasteiger partial charge is 0.496 e. The van der Waals surface area contributed by atoms with Gasteiger partial charge in [0.05, 0.1) is 12.8 Å². The average molecular weight is 302 g/mol. The van der Waals surface area contributed by atoms with E-state index in [1.54, 1.807) is 7.11 Å². The molecule has 108 valence electrons. The lowest BCUT2D eigenvalue weighted by atomic mass is 10.1. The van der Waals surface area contributed by atoms with E-state index < -0.39 is 0 Å². The summed E-state index contributed by atoms with van der Waals surface area (Å²) in [6.45, 7) is 1.87. The Labute approximate surface area is 125 Å². The average Bonchev–Trinajstić information content (AvgIpc) is 3.06. The summed E-state index contributed by atoms with van der Waals surface area (Å²) in [4.78, 5) is 9.37. The van der Waals surface area contributed by atoms with Crippen LogP contribution in [0.4, 0.5) is 5.13 Å². The second kappa shape index (κ2) is 5.53. The molecule has 0 bridgehead atoms. The molecule has 0 saturated carbocycles. The predicted molar refractivity (Wildman–Crippen MR) is 80.4 cm³/mol. The Hall–Kier alpha value is -2.41. The molecule has 21 heavy (non-hydrogen) atoms. The van der Waals surface area contributed by atoms with Crippen LogP contribution in [0.3, 0.4) is 0 Å². The summed E-state index contributed by atoms with van der Waals surface area (Å²) >= 11 is 1.34. The SMILES string of the molecule is COc1ccccc1Cc1noc(-c2sc(N)nc2C)n1. The van der Waals surface area contributed by atoms with Gasteiger partial charge < -0.3 is 15.0 Å². The van der Waals surface area contributed by atoms with Gasteiger partial charge in [-0.15, -0.1) is 0 Å².